The van der Waals surface area contributed by atoms with Crippen LogP contribution < -0.4 is 10.6 Å². The largest absolute Gasteiger partial charge is 0.434 e. The Morgan fingerprint density at radius 3 is 2.37 bits per heavy atom. The first-order chi connectivity index (χ1) is 17.2. The molecule has 35 heavy (non-hydrogen) atoms. The molecule has 0 aliphatic carbocycles. The van der Waals surface area contributed by atoms with Gasteiger partial charge in [0.2, 0.25) is 11.6 Å². The van der Waals surface area contributed by atoms with Crippen LogP contribution in [0.2, 0.25) is 0 Å². The van der Waals surface area contributed by atoms with Crippen LogP contribution in [0, 0.1) is 0 Å². The van der Waals surface area contributed by atoms with E-state index in [2.05, 4.69) is 15.6 Å². The summed E-state index contributed by atoms with van der Waals surface area (Å²) < 4.78 is 6.22. The number of esters is 1. The molecule has 2 unspecified atom stereocenters. The number of hydrogen-bond acceptors (Lipinski definition) is 6. The van der Waals surface area contributed by atoms with Crippen molar-refractivity contribution < 1.29 is 14.3 Å². The van der Waals surface area contributed by atoms with Gasteiger partial charge in [-0.2, -0.15) is 0 Å². The Labute approximate surface area is 202 Å². The van der Waals surface area contributed by atoms with Crippen LogP contribution in [0.15, 0.2) is 97.3 Å². The second-order valence-electron chi connectivity index (χ2n) is 8.82. The number of fused-ring (bicyclic) bond motifs is 2. The van der Waals surface area contributed by atoms with Gasteiger partial charge in [0.15, 0.2) is 0 Å². The van der Waals surface area contributed by atoms with Crippen LogP contribution in [0.3, 0.4) is 0 Å². The number of pyridine rings is 1. The average molecular weight is 465 g/mol. The molecule has 2 fully saturated rings. The van der Waals surface area contributed by atoms with Crippen LogP contribution in [-0.2, 0) is 20.1 Å². The van der Waals surface area contributed by atoms with E-state index in [4.69, 9.17) is 4.74 Å². The van der Waals surface area contributed by atoms with Gasteiger partial charge in [-0.3, -0.25) is 14.6 Å². The van der Waals surface area contributed by atoms with Crippen molar-refractivity contribution >= 4 is 28.3 Å². The molecular weight excluding hydrogens is 440 g/mol. The van der Waals surface area contributed by atoms with Crippen molar-refractivity contribution in [2.24, 2.45) is 0 Å². The van der Waals surface area contributed by atoms with Crippen molar-refractivity contribution in [2.75, 3.05) is 18.4 Å². The fourth-order valence-corrected chi connectivity index (χ4v) is 5.19. The summed E-state index contributed by atoms with van der Waals surface area (Å²) in [4.78, 5) is 33.0. The Hall–Kier alpha value is -4.07. The van der Waals surface area contributed by atoms with Crippen LogP contribution in [0.5, 0.6) is 0 Å². The number of anilines is 1. The van der Waals surface area contributed by atoms with Crippen molar-refractivity contribution in [3.63, 3.8) is 0 Å². The van der Waals surface area contributed by atoms with Gasteiger partial charge < -0.3 is 15.4 Å². The van der Waals surface area contributed by atoms with E-state index in [-0.39, 0.29) is 11.9 Å². The Balaban J connectivity index is 1.42. The van der Waals surface area contributed by atoms with E-state index in [1.54, 1.807) is 12.4 Å². The highest BCUT2D eigenvalue weighted by molar-refractivity contribution is 5.98. The molecule has 0 bridgehead atoms. The summed E-state index contributed by atoms with van der Waals surface area (Å²) in [6.45, 7) is 0.797. The third kappa shape index (κ3) is 3.56. The quantitative estimate of drug-likeness (QED) is 0.451. The number of carbonyl (C=O) groups is 2. The highest BCUT2D eigenvalue weighted by atomic mass is 16.6. The first-order valence-electron chi connectivity index (χ1n) is 11.6. The van der Waals surface area contributed by atoms with E-state index in [1.165, 1.54) is 0 Å². The number of benzene rings is 3. The van der Waals surface area contributed by atoms with Gasteiger partial charge in [-0.1, -0.05) is 66.7 Å². The van der Waals surface area contributed by atoms with E-state index in [0.717, 1.165) is 21.9 Å². The lowest BCUT2D eigenvalue weighted by Crippen LogP contribution is -2.65. The zero-order valence-corrected chi connectivity index (χ0v) is 18.9. The highest BCUT2D eigenvalue weighted by Gasteiger charge is 2.60. The minimum Gasteiger partial charge on any atom is -0.434 e. The molecule has 0 radical (unpaired) electrons. The van der Waals surface area contributed by atoms with Crippen LogP contribution in [-0.4, -0.2) is 46.9 Å². The van der Waals surface area contributed by atoms with Crippen LogP contribution in [0.1, 0.15) is 11.1 Å². The van der Waals surface area contributed by atoms with Gasteiger partial charge >= 0.3 is 5.97 Å². The lowest BCUT2D eigenvalue weighted by atomic mass is 9.90. The number of cyclic esters (lactones) is 1. The second-order valence-corrected chi connectivity index (χ2v) is 8.82. The molecule has 2 aliphatic heterocycles. The number of carbonyl (C=O) groups excluding carboxylic acids is 2. The normalized spacial score (nSPS) is 21.3. The molecule has 6 rings (SSSR count). The first kappa shape index (κ1) is 21.5. The van der Waals surface area contributed by atoms with Crippen LogP contribution >= 0.6 is 0 Å². The Morgan fingerprint density at radius 2 is 1.66 bits per heavy atom. The van der Waals surface area contributed by atoms with E-state index in [1.807, 2.05) is 89.8 Å². The van der Waals surface area contributed by atoms with Gasteiger partial charge in [0.25, 0.3) is 0 Å². The van der Waals surface area contributed by atoms with Gasteiger partial charge in [0.1, 0.15) is 12.1 Å². The minimum absolute atomic E-state index is 0.204. The Bertz CT molecular complexity index is 1350. The Kier molecular flexibility index (Phi) is 5.28. The van der Waals surface area contributed by atoms with Gasteiger partial charge in [-0.15, -0.1) is 0 Å². The standard InChI is InChI=1S/C28H24N4O3/c33-26(31-23-12-11-20-16-29-14-13-19(20)15-23)24-17-30-18-25-27(34)35-28(32(24)25,21-7-3-1-4-8-21)22-9-5-2-6-10-22/h1-16,24-25,30H,17-18H2,(H,31,33). The molecule has 2 N–H and O–H groups in total. The van der Waals surface area contributed by atoms with Crippen LogP contribution in [0.25, 0.3) is 10.8 Å². The molecule has 1 aromatic heterocycles. The monoisotopic (exact) mass is 464 g/mol. The Morgan fingerprint density at radius 1 is 0.943 bits per heavy atom. The number of nitrogens with zero attached hydrogens (tertiary/aromatic N) is 2. The number of nitrogens with one attached hydrogen (secondary N) is 2. The summed E-state index contributed by atoms with van der Waals surface area (Å²) in [5, 5.41) is 8.31. The fourth-order valence-electron chi connectivity index (χ4n) is 5.19. The maximum Gasteiger partial charge on any atom is 0.327 e. The second kappa shape index (κ2) is 8.61. The summed E-state index contributed by atoms with van der Waals surface area (Å²) in [6, 6.07) is 25.7. The molecule has 0 saturated carbocycles. The maximum absolute atomic E-state index is 13.7. The van der Waals surface area contributed by atoms with Crippen molar-refractivity contribution in [3.8, 4) is 0 Å². The third-order valence-corrected chi connectivity index (χ3v) is 6.77. The molecule has 174 valence electrons. The summed E-state index contributed by atoms with van der Waals surface area (Å²) in [5.74, 6) is -0.550. The minimum atomic E-state index is -1.20. The fraction of sp³-hybridized carbons (Fsp3) is 0.179. The predicted molar refractivity (Wildman–Crippen MR) is 132 cm³/mol. The maximum atomic E-state index is 13.7. The molecule has 2 saturated heterocycles. The van der Waals surface area contributed by atoms with Crippen molar-refractivity contribution in [1.82, 2.24) is 15.2 Å². The smallest absolute Gasteiger partial charge is 0.327 e. The van der Waals surface area contributed by atoms with Crippen molar-refractivity contribution in [3.05, 3.63) is 108 Å². The average Bonchev–Trinajstić information content (AvgIpc) is 3.23. The molecule has 2 aliphatic rings. The molecule has 3 aromatic carbocycles. The van der Waals surface area contributed by atoms with E-state index in [0.29, 0.717) is 18.8 Å². The van der Waals surface area contributed by atoms with E-state index < -0.39 is 17.8 Å². The molecule has 2 atom stereocenters. The van der Waals surface area contributed by atoms with Gasteiger partial charge in [-0.05, 0) is 23.6 Å². The number of rotatable bonds is 4. The van der Waals surface area contributed by atoms with E-state index >= 15 is 0 Å². The van der Waals surface area contributed by atoms with Gasteiger partial charge in [0, 0.05) is 47.7 Å². The molecule has 7 nitrogen and oxygen atoms in total. The zero-order chi connectivity index (χ0) is 23.8. The first-order valence-corrected chi connectivity index (χ1v) is 11.6. The molecule has 0 spiro atoms. The van der Waals surface area contributed by atoms with Gasteiger partial charge in [0.05, 0.1) is 0 Å². The summed E-state index contributed by atoms with van der Waals surface area (Å²) in [5.41, 5.74) is 1.09. The molecule has 1 amide bonds. The summed E-state index contributed by atoms with van der Waals surface area (Å²) in [6.07, 6.45) is 3.52. The number of piperazine rings is 1. The van der Waals surface area contributed by atoms with Crippen molar-refractivity contribution in [1.29, 1.82) is 0 Å². The number of aromatic nitrogens is 1. The lowest BCUT2D eigenvalue weighted by molar-refractivity contribution is -0.152. The highest BCUT2D eigenvalue weighted by Crippen LogP contribution is 2.45. The third-order valence-electron chi connectivity index (χ3n) is 6.77. The summed E-state index contributed by atoms with van der Waals surface area (Å²) >= 11 is 0. The number of amides is 1. The molecular formula is C28H24N4O3. The lowest BCUT2D eigenvalue weighted by Gasteiger charge is -2.44. The van der Waals surface area contributed by atoms with E-state index in [9.17, 15) is 9.59 Å². The van der Waals surface area contributed by atoms with Crippen molar-refractivity contribution in [2.45, 2.75) is 17.8 Å². The topological polar surface area (TPSA) is 83.6 Å². The molecule has 3 heterocycles. The summed E-state index contributed by atoms with van der Waals surface area (Å²) in [7, 11) is 0. The molecule has 4 aromatic rings. The molecule has 7 heteroatoms. The number of ether oxygens (including phenoxy) is 1. The van der Waals surface area contributed by atoms with Gasteiger partial charge in [-0.25, -0.2) is 4.90 Å². The number of hydrogen-bond donors (Lipinski definition) is 2. The SMILES string of the molecule is O=C(Nc1ccc2cnccc2c1)C1CNCC2C(=O)OC(c3ccccc3)(c3ccccc3)N12. The zero-order valence-electron chi connectivity index (χ0n) is 18.9. The van der Waals surface area contributed by atoms with Crippen LogP contribution in [0.4, 0.5) is 5.69 Å². The predicted octanol–water partition coefficient (Wildman–Crippen LogP) is 3.27.